The van der Waals surface area contributed by atoms with Crippen LogP contribution in [0.1, 0.15) is 68.0 Å². The number of benzene rings is 1. The molecular formula is C28H37N5O4S. The number of rotatable bonds is 7. The summed E-state index contributed by atoms with van der Waals surface area (Å²) in [4.78, 5) is 11.3. The van der Waals surface area contributed by atoms with E-state index in [1.54, 1.807) is 12.4 Å². The summed E-state index contributed by atoms with van der Waals surface area (Å²) in [6.07, 6.45) is 5.92. The highest BCUT2D eigenvalue weighted by Crippen LogP contribution is 2.50. The first kappa shape index (κ1) is 26.9. The summed E-state index contributed by atoms with van der Waals surface area (Å²) in [5.74, 6) is 1.35. The first-order chi connectivity index (χ1) is 17.9. The molecule has 3 aromatic rings. The van der Waals surface area contributed by atoms with E-state index in [4.69, 9.17) is 4.52 Å². The molecule has 2 aliphatic heterocycles. The van der Waals surface area contributed by atoms with Crippen LogP contribution in [-0.4, -0.2) is 77.3 Å². The fourth-order valence-electron chi connectivity index (χ4n) is 6.07. The molecule has 1 N–H and O–H groups in total. The van der Waals surface area contributed by atoms with E-state index in [-0.39, 0.29) is 5.92 Å². The first-order valence-corrected chi connectivity index (χ1v) is 15.0. The van der Waals surface area contributed by atoms with E-state index < -0.39 is 21.0 Å². The predicted molar refractivity (Wildman–Crippen MR) is 145 cm³/mol. The molecule has 0 aliphatic carbocycles. The molecule has 2 saturated heterocycles. The van der Waals surface area contributed by atoms with Crippen LogP contribution in [0.4, 0.5) is 0 Å². The second-order valence-electron chi connectivity index (χ2n) is 11.6. The maximum Gasteiger partial charge on any atom is 0.259 e. The Balaban J connectivity index is 1.45. The van der Waals surface area contributed by atoms with Gasteiger partial charge in [0.2, 0.25) is 10.0 Å². The van der Waals surface area contributed by atoms with Crippen molar-refractivity contribution in [2.75, 3.05) is 39.5 Å². The lowest BCUT2D eigenvalue weighted by molar-refractivity contribution is -0.127. The molecule has 0 spiro atoms. The average Bonchev–Trinajstić information content (AvgIpc) is 3.37. The van der Waals surface area contributed by atoms with Crippen molar-refractivity contribution >= 4 is 10.0 Å². The number of nitrogens with zero attached hydrogens (tertiary/aromatic N) is 5. The maximum absolute atomic E-state index is 12.5. The molecule has 4 heterocycles. The molecule has 0 saturated carbocycles. The van der Waals surface area contributed by atoms with Gasteiger partial charge in [0.05, 0.1) is 11.8 Å². The normalized spacial score (nSPS) is 20.8. The van der Waals surface area contributed by atoms with E-state index in [0.29, 0.717) is 54.7 Å². The Hall–Kier alpha value is -2.66. The quantitative estimate of drug-likeness (QED) is 0.485. The highest BCUT2D eigenvalue weighted by atomic mass is 32.2. The van der Waals surface area contributed by atoms with Gasteiger partial charge in [-0.25, -0.2) is 12.7 Å². The molecule has 1 unspecified atom stereocenters. The topological polar surface area (TPSA) is 113 Å². The van der Waals surface area contributed by atoms with Crippen molar-refractivity contribution in [2.24, 2.45) is 5.41 Å². The Labute approximate surface area is 224 Å². The van der Waals surface area contributed by atoms with Gasteiger partial charge in [-0.05, 0) is 43.0 Å². The summed E-state index contributed by atoms with van der Waals surface area (Å²) < 4.78 is 30.8. The number of pyridine rings is 1. The molecule has 5 rings (SSSR count). The molecule has 204 valence electrons. The van der Waals surface area contributed by atoms with Gasteiger partial charge >= 0.3 is 0 Å². The number of sulfonamides is 1. The molecule has 2 fully saturated rings. The average molecular weight is 540 g/mol. The van der Waals surface area contributed by atoms with Gasteiger partial charge in [0, 0.05) is 55.5 Å². The van der Waals surface area contributed by atoms with Crippen molar-refractivity contribution in [2.45, 2.75) is 51.0 Å². The fraction of sp³-hybridized carbons (Fsp3) is 0.536. The van der Waals surface area contributed by atoms with Gasteiger partial charge in [0.25, 0.3) is 5.89 Å². The second kappa shape index (κ2) is 9.82. The second-order valence-corrected chi connectivity index (χ2v) is 13.6. The maximum atomic E-state index is 12.5. The molecular weight excluding hydrogens is 502 g/mol. The van der Waals surface area contributed by atoms with Crippen molar-refractivity contribution < 1.29 is 18.0 Å². The SMILES string of the molecule is CC(C)c1ccc(C(O)(c2cncc(-c3nc(C4CCN(S(C)(=O)=O)CC4)no3)c2)C2(C)CN(C)C2)cc1. The minimum Gasteiger partial charge on any atom is -0.380 e. The van der Waals surface area contributed by atoms with Crippen LogP contribution in [-0.2, 0) is 15.6 Å². The number of likely N-dealkylation sites (tertiary alicyclic amines) is 1. The van der Waals surface area contributed by atoms with E-state index in [9.17, 15) is 13.5 Å². The van der Waals surface area contributed by atoms with Gasteiger partial charge < -0.3 is 14.5 Å². The standard InChI is InChI=1S/C28H37N5O4S/c1-19(2)20-6-8-23(9-7-20)28(34,27(3)17-32(4)18-27)24-14-22(15-29-16-24)26-30-25(31-37-26)21-10-12-33(13-11-21)38(5,35)36/h6-9,14-16,19,21,34H,10-13,17-18H2,1-5H3. The Morgan fingerprint density at radius 1 is 1.11 bits per heavy atom. The van der Waals surface area contributed by atoms with Crippen LogP contribution in [0.2, 0.25) is 0 Å². The minimum atomic E-state index is -3.20. The lowest BCUT2D eigenvalue weighted by Gasteiger charge is -2.55. The largest absolute Gasteiger partial charge is 0.380 e. The third-order valence-electron chi connectivity index (χ3n) is 8.24. The predicted octanol–water partition coefficient (Wildman–Crippen LogP) is 3.58. The first-order valence-electron chi connectivity index (χ1n) is 13.2. The van der Waals surface area contributed by atoms with Gasteiger partial charge in [0.15, 0.2) is 5.82 Å². The van der Waals surface area contributed by atoms with Crippen molar-refractivity contribution in [1.29, 1.82) is 0 Å². The van der Waals surface area contributed by atoms with Crippen LogP contribution in [0.3, 0.4) is 0 Å². The van der Waals surface area contributed by atoms with E-state index >= 15 is 0 Å². The van der Waals surface area contributed by atoms with Gasteiger partial charge in [-0.1, -0.05) is 50.2 Å². The summed E-state index contributed by atoms with van der Waals surface area (Å²) in [5.41, 5.74) is 1.71. The zero-order valence-electron chi connectivity index (χ0n) is 22.8. The monoisotopic (exact) mass is 539 g/mol. The van der Waals surface area contributed by atoms with Gasteiger partial charge in [-0.2, -0.15) is 4.98 Å². The zero-order valence-corrected chi connectivity index (χ0v) is 23.6. The highest BCUT2D eigenvalue weighted by molar-refractivity contribution is 7.88. The molecule has 2 aromatic heterocycles. The van der Waals surface area contributed by atoms with E-state index in [1.165, 1.54) is 16.1 Å². The summed E-state index contributed by atoms with van der Waals surface area (Å²) in [6, 6.07) is 10.1. The molecule has 0 bridgehead atoms. The molecule has 38 heavy (non-hydrogen) atoms. The Kier molecular flexibility index (Phi) is 6.96. The smallest absolute Gasteiger partial charge is 0.259 e. The number of aromatic nitrogens is 3. The molecule has 9 nitrogen and oxygen atoms in total. The van der Waals surface area contributed by atoms with Crippen molar-refractivity contribution in [3.05, 3.63) is 65.2 Å². The summed E-state index contributed by atoms with van der Waals surface area (Å²) in [7, 11) is -1.14. The summed E-state index contributed by atoms with van der Waals surface area (Å²) >= 11 is 0. The molecule has 1 atom stereocenters. The Bertz CT molecular complexity index is 1390. The van der Waals surface area contributed by atoms with Crippen LogP contribution in [0.15, 0.2) is 47.2 Å². The third kappa shape index (κ3) is 4.79. The molecule has 0 radical (unpaired) electrons. The highest BCUT2D eigenvalue weighted by Gasteiger charge is 2.55. The van der Waals surface area contributed by atoms with Crippen LogP contribution in [0.5, 0.6) is 0 Å². The Morgan fingerprint density at radius 3 is 2.34 bits per heavy atom. The van der Waals surface area contributed by atoms with Crippen LogP contribution in [0, 0.1) is 5.41 Å². The van der Waals surface area contributed by atoms with E-state index in [0.717, 1.165) is 18.7 Å². The number of hydrogen-bond acceptors (Lipinski definition) is 8. The molecule has 2 aliphatic rings. The summed E-state index contributed by atoms with van der Waals surface area (Å²) in [6.45, 7) is 8.81. The van der Waals surface area contributed by atoms with Crippen molar-refractivity contribution in [3.8, 4) is 11.5 Å². The number of hydrogen-bond donors (Lipinski definition) is 1. The summed E-state index contributed by atoms with van der Waals surface area (Å²) in [5, 5.41) is 16.7. The van der Waals surface area contributed by atoms with Crippen LogP contribution < -0.4 is 0 Å². The lowest BCUT2D eigenvalue weighted by atomic mass is 9.62. The van der Waals surface area contributed by atoms with Gasteiger partial charge in [0.1, 0.15) is 5.60 Å². The molecule has 10 heteroatoms. The van der Waals surface area contributed by atoms with Crippen LogP contribution >= 0.6 is 0 Å². The Morgan fingerprint density at radius 2 is 1.76 bits per heavy atom. The van der Waals surface area contributed by atoms with Crippen LogP contribution in [0.25, 0.3) is 11.5 Å². The van der Waals surface area contributed by atoms with Crippen molar-refractivity contribution in [3.63, 3.8) is 0 Å². The van der Waals surface area contributed by atoms with Crippen molar-refractivity contribution in [1.82, 2.24) is 24.3 Å². The fourth-order valence-corrected chi connectivity index (χ4v) is 6.94. The lowest BCUT2D eigenvalue weighted by Crippen LogP contribution is -2.63. The number of piperidine rings is 1. The molecule has 1 aromatic carbocycles. The van der Waals surface area contributed by atoms with Gasteiger partial charge in [-0.15, -0.1) is 0 Å². The van der Waals surface area contributed by atoms with Gasteiger partial charge in [-0.3, -0.25) is 4.98 Å². The van der Waals surface area contributed by atoms with E-state index in [1.807, 2.05) is 18.2 Å². The van der Waals surface area contributed by atoms with E-state index in [2.05, 4.69) is 60.0 Å². The molecule has 0 amide bonds. The minimum absolute atomic E-state index is 0.0301. The third-order valence-corrected chi connectivity index (χ3v) is 9.54. The zero-order chi connectivity index (χ0) is 27.3. The number of aliphatic hydroxyl groups is 1.